The van der Waals surface area contributed by atoms with Gasteiger partial charge in [-0.25, -0.2) is 4.79 Å². The zero-order valence-corrected chi connectivity index (χ0v) is 13.3. The lowest BCUT2D eigenvalue weighted by molar-refractivity contribution is 0.0525. The predicted molar refractivity (Wildman–Crippen MR) is 82.2 cm³/mol. The Balaban J connectivity index is 2.63. The van der Waals surface area contributed by atoms with Crippen molar-refractivity contribution in [3.05, 3.63) is 34.3 Å². The van der Waals surface area contributed by atoms with Gasteiger partial charge >= 0.3 is 6.09 Å². The number of aryl methyl sites for hydroxylation is 1. The SMILES string of the molecule is Cc1cc(C(CN)CNC(=O)OC(C)(C)C)ccc1Cl. The van der Waals surface area contributed by atoms with Gasteiger partial charge in [0.2, 0.25) is 0 Å². The van der Waals surface area contributed by atoms with Gasteiger partial charge in [-0.2, -0.15) is 0 Å². The second-order valence-corrected chi connectivity index (χ2v) is 6.23. The van der Waals surface area contributed by atoms with Crippen LogP contribution in [0.4, 0.5) is 4.79 Å². The van der Waals surface area contributed by atoms with Gasteiger partial charge in [0.1, 0.15) is 5.60 Å². The van der Waals surface area contributed by atoms with E-state index in [0.29, 0.717) is 13.1 Å². The third-order valence-electron chi connectivity index (χ3n) is 2.83. The monoisotopic (exact) mass is 298 g/mol. The lowest BCUT2D eigenvalue weighted by Gasteiger charge is -2.22. The van der Waals surface area contributed by atoms with Crippen LogP contribution in [-0.4, -0.2) is 24.8 Å². The van der Waals surface area contributed by atoms with Crippen molar-refractivity contribution >= 4 is 17.7 Å². The van der Waals surface area contributed by atoms with Crippen molar-refractivity contribution in [3.63, 3.8) is 0 Å². The predicted octanol–water partition coefficient (Wildman–Crippen LogP) is 3.22. The number of carbonyl (C=O) groups excluding carboxylic acids is 1. The topological polar surface area (TPSA) is 64.3 Å². The summed E-state index contributed by atoms with van der Waals surface area (Å²) in [4.78, 5) is 11.6. The highest BCUT2D eigenvalue weighted by Gasteiger charge is 2.18. The fraction of sp³-hybridized carbons (Fsp3) is 0.533. The molecule has 0 radical (unpaired) electrons. The number of alkyl carbamates (subject to hydrolysis) is 1. The Bertz CT molecular complexity index is 469. The van der Waals surface area contributed by atoms with E-state index >= 15 is 0 Å². The van der Waals surface area contributed by atoms with E-state index in [-0.39, 0.29) is 5.92 Å². The first-order chi connectivity index (χ1) is 9.23. The van der Waals surface area contributed by atoms with E-state index < -0.39 is 11.7 Å². The molecule has 1 unspecified atom stereocenters. The quantitative estimate of drug-likeness (QED) is 0.897. The molecule has 5 heteroatoms. The maximum absolute atomic E-state index is 11.6. The number of nitrogens with one attached hydrogen (secondary N) is 1. The number of hydrogen-bond acceptors (Lipinski definition) is 3. The molecule has 0 saturated carbocycles. The van der Waals surface area contributed by atoms with Crippen LogP contribution in [-0.2, 0) is 4.74 Å². The smallest absolute Gasteiger partial charge is 0.407 e. The molecule has 1 rings (SSSR count). The fourth-order valence-electron chi connectivity index (χ4n) is 1.78. The first kappa shape index (κ1) is 16.8. The van der Waals surface area contributed by atoms with Gasteiger partial charge in [-0.1, -0.05) is 23.7 Å². The molecule has 0 aliphatic carbocycles. The molecule has 0 spiro atoms. The molecule has 112 valence electrons. The summed E-state index contributed by atoms with van der Waals surface area (Å²) in [5.74, 6) is 0.0403. The van der Waals surface area contributed by atoms with Crippen LogP contribution in [0.25, 0.3) is 0 Å². The van der Waals surface area contributed by atoms with E-state index in [4.69, 9.17) is 22.1 Å². The molecule has 1 aromatic carbocycles. The zero-order chi connectivity index (χ0) is 15.3. The third kappa shape index (κ3) is 5.39. The summed E-state index contributed by atoms with van der Waals surface area (Å²) < 4.78 is 5.20. The average molecular weight is 299 g/mol. The molecule has 0 saturated heterocycles. The van der Waals surface area contributed by atoms with E-state index in [1.807, 2.05) is 45.9 Å². The standard InChI is InChI=1S/C15H23ClN2O2/c1-10-7-11(5-6-13(10)16)12(8-17)9-18-14(19)20-15(2,3)4/h5-7,12H,8-9,17H2,1-4H3,(H,18,19). The highest BCUT2D eigenvalue weighted by molar-refractivity contribution is 6.31. The molecule has 0 bridgehead atoms. The molecule has 0 aliphatic rings. The number of amides is 1. The molecule has 0 aliphatic heterocycles. The molecular weight excluding hydrogens is 276 g/mol. The van der Waals surface area contributed by atoms with Crippen molar-refractivity contribution in [1.29, 1.82) is 0 Å². The van der Waals surface area contributed by atoms with Gasteiger partial charge in [0.05, 0.1) is 0 Å². The van der Waals surface area contributed by atoms with Crippen molar-refractivity contribution in [2.75, 3.05) is 13.1 Å². The second kappa shape index (κ2) is 6.95. The summed E-state index contributed by atoms with van der Waals surface area (Å²) in [6.07, 6.45) is -0.429. The van der Waals surface area contributed by atoms with Crippen LogP contribution in [0.15, 0.2) is 18.2 Å². The number of halogens is 1. The number of hydrogen-bond donors (Lipinski definition) is 2. The maximum Gasteiger partial charge on any atom is 0.407 e. The summed E-state index contributed by atoms with van der Waals surface area (Å²) in [6, 6.07) is 5.78. The normalized spacial score (nSPS) is 12.9. The Kier molecular flexibility index (Phi) is 5.84. The minimum atomic E-state index is -0.501. The minimum Gasteiger partial charge on any atom is -0.444 e. The molecule has 4 nitrogen and oxygen atoms in total. The lowest BCUT2D eigenvalue weighted by Crippen LogP contribution is -2.36. The van der Waals surface area contributed by atoms with Crippen molar-refractivity contribution in [1.82, 2.24) is 5.32 Å². The number of benzene rings is 1. The summed E-state index contributed by atoms with van der Waals surface area (Å²) in [5.41, 5.74) is 7.34. The Labute approximate surface area is 125 Å². The molecule has 1 amide bonds. The number of nitrogens with two attached hydrogens (primary N) is 1. The van der Waals surface area contributed by atoms with Gasteiger partial charge in [0, 0.05) is 24.0 Å². The first-order valence-corrected chi connectivity index (χ1v) is 7.03. The van der Waals surface area contributed by atoms with Crippen LogP contribution < -0.4 is 11.1 Å². The summed E-state index contributed by atoms with van der Waals surface area (Å²) in [7, 11) is 0. The molecule has 3 N–H and O–H groups in total. The molecular formula is C15H23ClN2O2. The van der Waals surface area contributed by atoms with Gasteiger partial charge in [-0.05, 0) is 44.9 Å². The van der Waals surface area contributed by atoms with Crippen LogP contribution in [0.5, 0.6) is 0 Å². The van der Waals surface area contributed by atoms with Crippen LogP contribution >= 0.6 is 11.6 Å². The van der Waals surface area contributed by atoms with Gasteiger partial charge in [0.15, 0.2) is 0 Å². The molecule has 20 heavy (non-hydrogen) atoms. The van der Waals surface area contributed by atoms with Gasteiger partial charge in [-0.15, -0.1) is 0 Å². The number of ether oxygens (including phenoxy) is 1. The largest absolute Gasteiger partial charge is 0.444 e. The van der Waals surface area contributed by atoms with E-state index in [0.717, 1.165) is 16.1 Å². The van der Waals surface area contributed by atoms with Gasteiger partial charge in [0.25, 0.3) is 0 Å². The minimum absolute atomic E-state index is 0.0403. The Hall–Kier alpha value is -1.26. The van der Waals surface area contributed by atoms with Crippen molar-refractivity contribution in [2.45, 2.75) is 39.2 Å². The third-order valence-corrected chi connectivity index (χ3v) is 3.25. The van der Waals surface area contributed by atoms with Crippen LogP contribution in [0.1, 0.15) is 37.8 Å². The fourth-order valence-corrected chi connectivity index (χ4v) is 1.90. The Morgan fingerprint density at radius 3 is 2.60 bits per heavy atom. The highest BCUT2D eigenvalue weighted by Crippen LogP contribution is 2.21. The molecule has 1 aromatic rings. The Morgan fingerprint density at radius 1 is 1.45 bits per heavy atom. The van der Waals surface area contributed by atoms with Gasteiger partial charge < -0.3 is 15.8 Å². The summed E-state index contributed by atoms with van der Waals surface area (Å²) in [6.45, 7) is 8.31. The number of rotatable bonds is 4. The summed E-state index contributed by atoms with van der Waals surface area (Å²) in [5, 5.41) is 3.48. The summed E-state index contributed by atoms with van der Waals surface area (Å²) >= 11 is 6.01. The Morgan fingerprint density at radius 2 is 2.10 bits per heavy atom. The lowest BCUT2D eigenvalue weighted by atomic mass is 9.97. The van der Waals surface area contributed by atoms with E-state index in [2.05, 4.69) is 5.32 Å². The highest BCUT2D eigenvalue weighted by atomic mass is 35.5. The van der Waals surface area contributed by atoms with E-state index in [1.54, 1.807) is 0 Å². The van der Waals surface area contributed by atoms with Crippen molar-refractivity contribution in [2.24, 2.45) is 5.73 Å². The van der Waals surface area contributed by atoms with Crippen molar-refractivity contribution in [3.8, 4) is 0 Å². The zero-order valence-electron chi connectivity index (χ0n) is 12.5. The number of carbonyl (C=O) groups is 1. The van der Waals surface area contributed by atoms with E-state index in [1.165, 1.54) is 0 Å². The van der Waals surface area contributed by atoms with Crippen LogP contribution in [0.3, 0.4) is 0 Å². The van der Waals surface area contributed by atoms with Gasteiger partial charge in [-0.3, -0.25) is 0 Å². The maximum atomic E-state index is 11.6. The average Bonchev–Trinajstić information content (AvgIpc) is 2.32. The first-order valence-electron chi connectivity index (χ1n) is 6.66. The van der Waals surface area contributed by atoms with Crippen molar-refractivity contribution < 1.29 is 9.53 Å². The van der Waals surface area contributed by atoms with Crippen LogP contribution in [0.2, 0.25) is 5.02 Å². The molecule has 1 atom stereocenters. The van der Waals surface area contributed by atoms with E-state index in [9.17, 15) is 4.79 Å². The second-order valence-electron chi connectivity index (χ2n) is 5.82. The van der Waals surface area contributed by atoms with Crippen LogP contribution in [0, 0.1) is 6.92 Å². The molecule has 0 fully saturated rings. The molecule has 0 aromatic heterocycles. The molecule has 0 heterocycles.